The van der Waals surface area contributed by atoms with E-state index < -0.39 is 6.10 Å². The van der Waals surface area contributed by atoms with Crippen molar-refractivity contribution in [2.75, 3.05) is 6.61 Å². The fourth-order valence-electron chi connectivity index (χ4n) is 1.22. The van der Waals surface area contributed by atoms with Crippen molar-refractivity contribution < 1.29 is 14.9 Å². The molecule has 3 atom stereocenters. The number of aliphatic hydroxyl groups is 2. The highest BCUT2D eigenvalue weighted by atomic mass is 16.5. The zero-order chi connectivity index (χ0) is 7.56. The van der Waals surface area contributed by atoms with Crippen LogP contribution in [0.4, 0.5) is 0 Å². The van der Waals surface area contributed by atoms with E-state index in [4.69, 9.17) is 14.9 Å². The van der Waals surface area contributed by atoms with Gasteiger partial charge in [-0.25, -0.2) is 0 Å². The Labute approximate surface area is 60.6 Å². The van der Waals surface area contributed by atoms with Crippen LogP contribution in [0.25, 0.3) is 0 Å². The van der Waals surface area contributed by atoms with Gasteiger partial charge in [0.1, 0.15) is 0 Å². The zero-order valence-electron chi connectivity index (χ0n) is 6.16. The van der Waals surface area contributed by atoms with Gasteiger partial charge in [0.2, 0.25) is 0 Å². The normalized spacial score (nSPS) is 36.3. The van der Waals surface area contributed by atoms with E-state index in [2.05, 4.69) is 0 Å². The lowest BCUT2D eigenvalue weighted by Gasteiger charge is -2.13. The van der Waals surface area contributed by atoms with Gasteiger partial charge in [-0.05, 0) is 19.8 Å². The van der Waals surface area contributed by atoms with Gasteiger partial charge in [0.15, 0.2) is 0 Å². The minimum Gasteiger partial charge on any atom is -0.394 e. The highest BCUT2D eigenvalue weighted by molar-refractivity contribution is 4.76. The Morgan fingerprint density at radius 3 is 2.60 bits per heavy atom. The molecule has 3 unspecified atom stereocenters. The molecule has 1 saturated heterocycles. The number of aliphatic hydroxyl groups excluding tert-OH is 2. The molecule has 1 heterocycles. The molecular formula is C7H14O3. The molecular weight excluding hydrogens is 132 g/mol. The van der Waals surface area contributed by atoms with Crippen molar-refractivity contribution >= 4 is 0 Å². The van der Waals surface area contributed by atoms with Crippen LogP contribution in [-0.2, 0) is 4.74 Å². The first-order valence-corrected chi connectivity index (χ1v) is 3.68. The van der Waals surface area contributed by atoms with E-state index in [9.17, 15) is 0 Å². The predicted molar refractivity (Wildman–Crippen MR) is 36.7 cm³/mol. The van der Waals surface area contributed by atoms with Gasteiger partial charge in [-0.2, -0.15) is 0 Å². The van der Waals surface area contributed by atoms with Crippen LogP contribution in [0.1, 0.15) is 19.8 Å². The van der Waals surface area contributed by atoms with Crippen LogP contribution in [-0.4, -0.2) is 35.1 Å². The SMILES string of the molecule is CC(O)C1CCC(CO)O1. The van der Waals surface area contributed by atoms with E-state index >= 15 is 0 Å². The fourth-order valence-corrected chi connectivity index (χ4v) is 1.22. The molecule has 2 N–H and O–H groups in total. The van der Waals surface area contributed by atoms with Crippen molar-refractivity contribution in [2.45, 2.75) is 38.1 Å². The summed E-state index contributed by atoms with van der Waals surface area (Å²) in [5, 5.41) is 17.7. The van der Waals surface area contributed by atoms with Gasteiger partial charge < -0.3 is 14.9 Å². The molecule has 3 nitrogen and oxygen atoms in total. The average molecular weight is 146 g/mol. The van der Waals surface area contributed by atoms with Crippen LogP contribution in [0, 0.1) is 0 Å². The van der Waals surface area contributed by atoms with Crippen LogP contribution in [0.2, 0.25) is 0 Å². The molecule has 3 heteroatoms. The summed E-state index contributed by atoms with van der Waals surface area (Å²) in [6.07, 6.45) is 1.22. The summed E-state index contributed by atoms with van der Waals surface area (Å²) >= 11 is 0. The van der Waals surface area contributed by atoms with Gasteiger partial charge in [-0.1, -0.05) is 0 Å². The van der Waals surface area contributed by atoms with Gasteiger partial charge >= 0.3 is 0 Å². The van der Waals surface area contributed by atoms with E-state index in [0.717, 1.165) is 12.8 Å². The fraction of sp³-hybridized carbons (Fsp3) is 1.00. The third-order valence-electron chi connectivity index (χ3n) is 1.88. The number of rotatable bonds is 2. The molecule has 0 saturated carbocycles. The van der Waals surface area contributed by atoms with E-state index in [1.165, 1.54) is 0 Å². The molecule has 0 aromatic heterocycles. The van der Waals surface area contributed by atoms with Crippen molar-refractivity contribution in [1.82, 2.24) is 0 Å². The third-order valence-corrected chi connectivity index (χ3v) is 1.88. The first-order valence-electron chi connectivity index (χ1n) is 3.68. The highest BCUT2D eigenvalue weighted by Gasteiger charge is 2.27. The van der Waals surface area contributed by atoms with E-state index in [1.807, 2.05) is 0 Å². The van der Waals surface area contributed by atoms with Crippen molar-refractivity contribution in [1.29, 1.82) is 0 Å². The number of hydrogen-bond acceptors (Lipinski definition) is 3. The zero-order valence-corrected chi connectivity index (χ0v) is 6.16. The van der Waals surface area contributed by atoms with Crippen molar-refractivity contribution in [3.63, 3.8) is 0 Å². The summed E-state index contributed by atoms with van der Waals surface area (Å²) < 4.78 is 5.27. The highest BCUT2D eigenvalue weighted by Crippen LogP contribution is 2.21. The molecule has 0 radical (unpaired) electrons. The largest absolute Gasteiger partial charge is 0.394 e. The second-order valence-corrected chi connectivity index (χ2v) is 2.80. The van der Waals surface area contributed by atoms with Gasteiger partial charge in [0.05, 0.1) is 24.9 Å². The Morgan fingerprint density at radius 2 is 2.30 bits per heavy atom. The molecule has 1 fully saturated rings. The summed E-state index contributed by atoms with van der Waals surface area (Å²) in [7, 11) is 0. The maximum atomic E-state index is 9.06. The standard InChI is InChI=1S/C7H14O3/c1-5(9)7-3-2-6(4-8)10-7/h5-9H,2-4H2,1H3. The Morgan fingerprint density at radius 1 is 1.60 bits per heavy atom. The molecule has 1 rings (SSSR count). The number of hydrogen-bond donors (Lipinski definition) is 2. The maximum Gasteiger partial charge on any atom is 0.0837 e. The Bertz CT molecular complexity index is 103. The van der Waals surface area contributed by atoms with Crippen LogP contribution in [0.3, 0.4) is 0 Å². The molecule has 0 amide bonds. The molecule has 0 aromatic carbocycles. The molecule has 0 aliphatic carbocycles. The first-order chi connectivity index (χ1) is 4.74. The summed E-state index contributed by atoms with van der Waals surface area (Å²) in [5.74, 6) is 0. The molecule has 1 aliphatic heterocycles. The Hall–Kier alpha value is -0.120. The van der Waals surface area contributed by atoms with E-state index in [-0.39, 0.29) is 18.8 Å². The summed E-state index contributed by atoms with van der Waals surface area (Å²) in [5.41, 5.74) is 0. The average Bonchev–Trinajstić information content (AvgIpc) is 2.34. The van der Waals surface area contributed by atoms with Crippen molar-refractivity contribution in [3.05, 3.63) is 0 Å². The lowest BCUT2D eigenvalue weighted by Crippen LogP contribution is -2.24. The summed E-state index contributed by atoms with van der Waals surface area (Å²) in [6.45, 7) is 1.79. The van der Waals surface area contributed by atoms with Gasteiger partial charge in [0.25, 0.3) is 0 Å². The summed E-state index contributed by atoms with van der Waals surface area (Å²) in [4.78, 5) is 0. The topological polar surface area (TPSA) is 49.7 Å². The van der Waals surface area contributed by atoms with Crippen molar-refractivity contribution in [3.8, 4) is 0 Å². The minimum atomic E-state index is -0.406. The van der Waals surface area contributed by atoms with E-state index in [0.29, 0.717) is 0 Å². The third kappa shape index (κ3) is 1.68. The second kappa shape index (κ2) is 3.32. The Kier molecular flexibility index (Phi) is 2.65. The van der Waals surface area contributed by atoms with Crippen LogP contribution >= 0.6 is 0 Å². The molecule has 0 aromatic rings. The quantitative estimate of drug-likeness (QED) is 0.572. The van der Waals surface area contributed by atoms with Gasteiger partial charge in [-0.15, -0.1) is 0 Å². The predicted octanol–water partition coefficient (Wildman–Crippen LogP) is -0.0929. The monoisotopic (exact) mass is 146 g/mol. The van der Waals surface area contributed by atoms with Gasteiger partial charge in [-0.3, -0.25) is 0 Å². The molecule has 0 bridgehead atoms. The second-order valence-electron chi connectivity index (χ2n) is 2.80. The van der Waals surface area contributed by atoms with Gasteiger partial charge in [0, 0.05) is 0 Å². The number of ether oxygens (including phenoxy) is 1. The summed E-state index contributed by atoms with van der Waals surface area (Å²) in [6, 6.07) is 0. The van der Waals surface area contributed by atoms with E-state index in [1.54, 1.807) is 6.92 Å². The molecule has 1 aliphatic rings. The lowest BCUT2D eigenvalue weighted by atomic mass is 10.1. The Balaban J connectivity index is 2.28. The molecule has 0 spiro atoms. The first kappa shape index (κ1) is 7.98. The van der Waals surface area contributed by atoms with Crippen LogP contribution < -0.4 is 0 Å². The van der Waals surface area contributed by atoms with Crippen LogP contribution in [0.5, 0.6) is 0 Å². The smallest absolute Gasteiger partial charge is 0.0837 e. The van der Waals surface area contributed by atoms with Crippen molar-refractivity contribution in [2.24, 2.45) is 0 Å². The molecule has 10 heavy (non-hydrogen) atoms. The van der Waals surface area contributed by atoms with Crippen LogP contribution in [0.15, 0.2) is 0 Å². The maximum absolute atomic E-state index is 9.06. The molecule has 60 valence electrons. The minimum absolute atomic E-state index is 0.0420. The lowest BCUT2D eigenvalue weighted by molar-refractivity contribution is -0.0423.